The second kappa shape index (κ2) is 6.30. The van der Waals surface area contributed by atoms with E-state index in [-0.39, 0.29) is 0 Å². The van der Waals surface area contributed by atoms with Crippen LogP contribution < -0.4 is 5.32 Å². The second-order valence-electron chi connectivity index (χ2n) is 5.04. The van der Waals surface area contributed by atoms with Crippen LogP contribution in [-0.2, 0) is 6.42 Å². The lowest BCUT2D eigenvalue weighted by atomic mass is 10.2. The average Bonchev–Trinajstić information content (AvgIpc) is 2.91. The number of aryl methyl sites for hydroxylation is 3. The molecule has 2 rings (SSSR count). The van der Waals surface area contributed by atoms with Crippen LogP contribution >= 0.6 is 11.3 Å². The number of nitrogens with one attached hydrogen (secondary N) is 1. The van der Waals surface area contributed by atoms with E-state index in [2.05, 4.69) is 29.4 Å². The average molecular weight is 279 g/mol. The van der Waals surface area contributed by atoms with Crippen LogP contribution in [0, 0.1) is 13.8 Å². The molecule has 1 N–H and O–H groups in total. The molecule has 19 heavy (non-hydrogen) atoms. The Labute approximate surface area is 118 Å². The zero-order valence-electron chi connectivity index (χ0n) is 12.0. The molecule has 0 aromatic carbocycles. The lowest BCUT2D eigenvalue weighted by Crippen LogP contribution is -2.23. The molecule has 0 aliphatic rings. The molecular formula is C14H21N3OS. The maximum atomic E-state index is 5.53. The molecule has 4 nitrogen and oxygen atoms in total. The molecule has 5 heteroatoms. The molecule has 0 fully saturated rings. The molecule has 0 unspecified atom stereocenters. The predicted molar refractivity (Wildman–Crippen MR) is 78.5 cm³/mol. The molecule has 0 bridgehead atoms. The zero-order chi connectivity index (χ0) is 13.8. The van der Waals surface area contributed by atoms with Crippen molar-refractivity contribution < 1.29 is 4.42 Å². The van der Waals surface area contributed by atoms with Gasteiger partial charge in [-0.2, -0.15) is 0 Å². The molecule has 0 atom stereocenters. The van der Waals surface area contributed by atoms with Gasteiger partial charge < -0.3 is 9.73 Å². The van der Waals surface area contributed by atoms with Crippen molar-refractivity contribution in [3.05, 3.63) is 22.6 Å². The summed E-state index contributed by atoms with van der Waals surface area (Å²) in [4.78, 5) is 0. The lowest BCUT2D eigenvalue weighted by Gasteiger charge is -2.05. The van der Waals surface area contributed by atoms with E-state index >= 15 is 0 Å². The van der Waals surface area contributed by atoms with E-state index in [9.17, 15) is 0 Å². The Balaban J connectivity index is 1.94. The van der Waals surface area contributed by atoms with Gasteiger partial charge in [-0.3, -0.25) is 0 Å². The van der Waals surface area contributed by atoms with Gasteiger partial charge in [0.15, 0.2) is 5.01 Å². The van der Waals surface area contributed by atoms with E-state index in [0.29, 0.717) is 6.04 Å². The fourth-order valence-electron chi connectivity index (χ4n) is 1.94. The molecule has 104 valence electrons. The SMILES string of the molecule is Cc1cc(-c2nnc(CCCNC(C)C)s2)c(C)o1. The highest BCUT2D eigenvalue weighted by Gasteiger charge is 2.12. The highest BCUT2D eigenvalue weighted by atomic mass is 32.1. The minimum absolute atomic E-state index is 0.543. The first-order valence-electron chi connectivity index (χ1n) is 6.69. The van der Waals surface area contributed by atoms with Crippen LogP contribution in [0.4, 0.5) is 0 Å². The predicted octanol–water partition coefficient (Wildman–Crippen LogP) is 3.35. The Hall–Kier alpha value is -1.20. The van der Waals surface area contributed by atoms with Gasteiger partial charge in [-0.15, -0.1) is 10.2 Å². The summed E-state index contributed by atoms with van der Waals surface area (Å²) in [5.74, 6) is 1.84. The monoisotopic (exact) mass is 279 g/mol. The Morgan fingerprint density at radius 1 is 1.32 bits per heavy atom. The maximum absolute atomic E-state index is 5.53. The Kier molecular flexibility index (Phi) is 4.71. The highest BCUT2D eigenvalue weighted by molar-refractivity contribution is 7.14. The zero-order valence-corrected chi connectivity index (χ0v) is 12.8. The number of furan rings is 1. The third-order valence-corrected chi connectivity index (χ3v) is 3.87. The van der Waals surface area contributed by atoms with Gasteiger partial charge in [0, 0.05) is 12.5 Å². The molecular weight excluding hydrogens is 258 g/mol. The van der Waals surface area contributed by atoms with Crippen molar-refractivity contribution >= 4 is 11.3 Å². The highest BCUT2D eigenvalue weighted by Crippen LogP contribution is 2.29. The van der Waals surface area contributed by atoms with Crippen LogP contribution in [0.2, 0.25) is 0 Å². The normalized spacial score (nSPS) is 11.4. The summed E-state index contributed by atoms with van der Waals surface area (Å²) in [7, 11) is 0. The van der Waals surface area contributed by atoms with E-state index < -0.39 is 0 Å². The van der Waals surface area contributed by atoms with Gasteiger partial charge in [-0.05, 0) is 32.9 Å². The number of hydrogen-bond donors (Lipinski definition) is 1. The molecule has 0 saturated heterocycles. The molecule has 0 radical (unpaired) electrons. The third kappa shape index (κ3) is 3.88. The van der Waals surface area contributed by atoms with E-state index in [0.717, 1.165) is 46.5 Å². The van der Waals surface area contributed by atoms with Crippen LogP contribution in [0.1, 0.15) is 36.8 Å². The van der Waals surface area contributed by atoms with Crippen molar-refractivity contribution in [1.82, 2.24) is 15.5 Å². The quantitative estimate of drug-likeness (QED) is 0.824. The molecule has 0 amide bonds. The second-order valence-corrected chi connectivity index (χ2v) is 6.10. The summed E-state index contributed by atoms with van der Waals surface area (Å²) < 4.78 is 5.53. The summed E-state index contributed by atoms with van der Waals surface area (Å²) in [6, 6.07) is 2.57. The van der Waals surface area contributed by atoms with Crippen molar-refractivity contribution in [3.63, 3.8) is 0 Å². The van der Waals surface area contributed by atoms with Gasteiger partial charge in [0.25, 0.3) is 0 Å². The maximum Gasteiger partial charge on any atom is 0.151 e. The summed E-state index contributed by atoms with van der Waals surface area (Å²) in [5.41, 5.74) is 1.07. The molecule has 0 aliphatic carbocycles. The summed E-state index contributed by atoms with van der Waals surface area (Å²) >= 11 is 1.66. The van der Waals surface area contributed by atoms with E-state index in [4.69, 9.17) is 4.42 Å². The van der Waals surface area contributed by atoms with Crippen molar-refractivity contribution in [1.29, 1.82) is 0 Å². The minimum Gasteiger partial charge on any atom is -0.466 e. The molecule has 0 saturated carbocycles. The van der Waals surface area contributed by atoms with Crippen molar-refractivity contribution in [2.24, 2.45) is 0 Å². The molecule has 2 aromatic heterocycles. The van der Waals surface area contributed by atoms with Gasteiger partial charge in [-0.1, -0.05) is 25.2 Å². The van der Waals surface area contributed by atoms with Gasteiger partial charge in [0.1, 0.15) is 16.5 Å². The first-order valence-corrected chi connectivity index (χ1v) is 7.51. The number of hydrogen-bond acceptors (Lipinski definition) is 5. The van der Waals surface area contributed by atoms with Crippen LogP contribution in [-0.4, -0.2) is 22.8 Å². The Morgan fingerprint density at radius 2 is 2.11 bits per heavy atom. The molecule has 2 aromatic rings. The van der Waals surface area contributed by atoms with E-state index in [1.807, 2.05) is 19.9 Å². The summed E-state index contributed by atoms with van der Waals surface area (Å²) in [6.07, 6.45) is 2.07. The summed E-state index contributed by atoms with van der Waals surface area (Å²) in [6.45, 7) is 9.27. The van der Waals surface area contributed by atoms with Gasteiger partial charge in [0.05, 0.1) is 5.56 Å². The van der Waals surface area contributed by atoms with Gasteiger partial charge >= 0.3 is 0 Å². The molecule has 0 aliphatic heterocycles. The lowest BCUT2D eigenvalue weighted by molar-refractivity contribution is 0.505. The van der Waals surface area contributed by atoms with Gasteiger partial charge in [-0.25, -0.2) is 0 Å². The van der Waals surface area contributed by atoms with Crippen LogP contribution in [0.25, 0.3) is 10.6 Å². The number of nitrogens with zero attached hydrogens (tertiary/aromatic N) is 2. The van der Waals surface area contributed by atoms with Crippen molar-refractivity contribution in [3.8, 4) is 10.6 Å². The van der Waals surface area contributed by atoms with Crippen molar-refractivity contribution in [2.45, 2.75) is 46.6 Å². The number of rotatable bonds is 6. The Morgan fingerprint density at radius 3 is 2.74 bits per heavy atom. The summed E-state index contributed by atoms with van der Waals surface area (Å²) in [5, 5.41) is 14.0. The first-order chi connectivity index (χ1) is 9.06. The van der Waals surface area contributed by atoms with Crippen LogP contribution in [0.3, 0.4) is 0 Å². The third-order valence-electron chi connectivity index (χ3n) is 2.86. The largest absolute Gasteiger partial charge is 0.466 e. The van der Waals surface area contributed by atoms with Crippen LogP contribution in [0.5, 0.6) is 0 Å². The minimum atomic E-state index is 0.543. The van der Waals surface area contributed by atoms with E-state index in [1.54, 1.807) is 11.3 Å². The fraction of sp³-hybridized carbons (Fsp3) is 0.571. The van der Waals surface area contributed by atoms with E-state index in [1.165, 1.54) is 0 Å². The molecule has 0 spiro atoms. The fourth-order valence-corrected chi connectivity index (χ4v) is 2.88. The first kappa shape index (κ1) is 14.2. The standard InChI is InChI=1S/C14H21N3OS/c1-9(2)15-7-5-6-13-16-17-14(19-13)12-8-10(3)18-11(12)4/h8-9,15H,5-7H2,1-4H3. The number of aromatic nitrogens is 2. The van der Waals surface area contributed by atoms with Crippen LogP contribution in [0.15, 0.2) is 10.5 Å². The topological polar surface area (TPSA) is 51.0 Å². The van der Waals surface area contributed by atoms with Crippen molar-refractivity contribution in [2.75, 3.05) is 6.54 Å². The van der Waals surface area contributed by atoms with Gasteiger partial charge in [0.2, 0.25) is 0 Å². The Bertz CT molecular complexity index is 531. The smallest absolute Gasteiger partial charge is 0.151 e. The molecule has 2 heterocycles.